The van der Waals surface area contributed by atoms with E-state index in [-0.39, 0.29) is 0 Å². The minimum Gasteiger partial charge on any atom is -0.369 e. The third-order valence-electron chi connectivity index (χ3n) is 3.56. The molecule has 6 nitrogen and oxygen atoms in total. The van der Waals surface area contributed by atoms with Crippen LogP contribution < -0.4 is 5.73 Å². The highest BCUT2D eigenvalue weighted by molar-refractivity contribution is 8.00. The molecule has 0 aliphatic heterocycles. The van der Waals surface area contributed by atoms with Crippen LogP contribution in [0.2, 0.25) is 0 Å². The van der Waals surface area contributed by atoms with Crippen molar-refractivity contribution in [1.82, 2.24) is 19.7 Å². The smallest absolute Gasteiger partial charge is 0.288 e. The Morgan fingerprint density at radius 1 is 1.15 bits per heavy atom. The van der Waals surface area contributed by atoms with Crippen LogP contribution in [-0.4, -0.2) is 36.7 Å². The number of carbonyl (C=O) groups excluding carboxylic acids is 1. The molecule has 0 aliphatic rings. The van der Waals surface area contributed by atoms with Gasteiger partial charge in [0.1, 0.15) is 0 Å². The lowest BCUT2D eigenvalue weighted by molar-refractivity contribution is -0.117. The van der Waals surface area contributed by atoms with Gasteiger partial charge >= 0.3 is 0 Å². The molecular weight excluding hydrogens is 392 g/mol. The van der Waals surface area contributed by atoms with E-state index in [0.717, 1.165) is 5.56 Å². The minimum absolute atomic E-state index is 0.449. The number of rotatable bonds is 7. The SMILES string of the molecule is C[C@H](Sc1nnc(-c2cccnc2)n1-c1ccc(SC(F)F)cc1)C(N)=O. The van der Waals surface area contributed by atoms with Crippen LogP contribution in [0.25, 0.3) is 17.1 Å². The predicted molar refractivity (Wildman–Crippen MR) is 101 cm³/mol. The maximum atomic E-state index is 12.5. The van der Waals surface area contributed by atoms with Crippen molar-refractivity contribution in [2.24, 2.45) is 5.73 Å². The van der Waals surface area contributed by atoms with Gasteiger partial charge in [0.15, 0.2) is 11.0 Å². The number of pyridine rings is 1. The second-order valence-corrected chi connectivity index (χ2v) is 7.79. The number of amides is 1. The number of primary amides is 1. The monoisotopic (exact) mass is 407 g/mol. The fraction of sp³-hybridized carbons (Fsp3) is 0.176. The summed E-state index contributed by atoms with van der Waals surface area (Å²) in [4.78, 5) is 16.0. The molecule has 0 radical (unpaired) electrons. The second kappa shape index (κ2) is 8.49. The van der Waals surface area contributed by atoms with E-state index in [1.165, 1.54) is 11.8 Å². The average Bonchev–Trinajstić information content (AvgIpc) is 3.06. The van der Waals surface area contributed by atoms with Gasteiger partial charge in [-0.25, -0.2) is 0 Å². The zero-order valence-corrected chi connectivity index (χ0v) is 15.8. The molecule has 3 aromatic rings. The topological polar surface area (TPSA) is 86.7 Å². The number of nitrogens with zero attached hydrogens (tertiary/aromatic N) is 4. The Balaban J connectivity index is 2.04. The van der Waals surface area contributed by atoms with Crippen molar-refractivity contribution in [2.75, 3.05) is 0 Å². The van der Waals surface area contributed by atoms with Gasteiger partial charge in [-0.3, -0.25) is 14.3 Å². The van der Waals surface area contributed by atoms with Gasteiger partial charge in [-0.2, -0.15) is 8.78 Å². The van der Waals surface area contributed by atoms with Gasteiger partial charge in [-0.1, -0.05) is 23.5 Å². The molecule has 0 bridgehead atoms. The summed E-state index contributed by atoms with van der Waals surface area (Å²) in [7, 11) is 0. The lowest BCUT2D eigenvalue weighted by Crippen LogP contribution is -2.23. The van der Waals surface area contributed by atoms with Crippen LogP contribution in [0.5, 0.6) is 0 Å². The molecule has 1 amide bonds. The van der Waals surface area contributed by atoms with E-state index in [2.05, 4.69) is 15.2 Å². The Morgan fingerprint density at radius 2 is 1.89 bits per heavy atom. The van der Waals surface area contributed by atoms with Gasteiger partial charge < -0.3 is 5.73 Å². The maximum absolute atomic E-state index is 12.5. The first-order valence-corrected chi connectivity index (χ1v) is 9.58. The zero-order chi connectivity index (χ0) is 19.4. The van der Waals surface area contributed by atoms with Crippen LogP contribution >= 0.6 is 23.5 Å². The summed E-state index contributed by atoms with van der Waals surface area (Å²) >= 11 is 1.65. The molecule has 0 saturated heterocycles. The van der Waals surface area contributed by atoms with Crippen molar-refractivity contribution in [3.63, 3.8) is 0 Å². The van der Waals surface area contributed by atoms with Gasteiger partial charge in [0.2, 0.25) is 5.91 Å². The second-order valence-electron chi connectivity index (χ2n) is 5.42. The molecule has 0 aliphatic carbocycles. The summed E-state index contributed by atoms with van der Waals surface area (Å²) in [5, 5.41) is 8.35. The number of hydrogen-bond acceptors (Lipinski definition) is 6. The van der Waals surface area contributed by atoms with Gasteiger partial charge in [0.25, 0.3) is 5.76 Å². The number of thioether (sulfide) groups is 2. The van der Waals surface area contributed by atoms with E-state index in [0.29, 0.717) is 33.3 Å². The maximum Gasteiger partial charge on any atom is 0.288 e. The quantitative estimate of drug-likeness (QED) is 0.602. The average molecular weight is 407 g/mol. The fourth-order valence-corrected chi connectivity index (χ4v) is 3.57. The molecule has 2 heterocycles. The standard InChI is InChI=1S/C17H15F2N5OS2/c1-10(14(20)25)26-17-23-22-15(11-3-2-8-21-9-11)24(17)12-4-6-13(7-5-12)27-16(18)19/h2-10,16H,1H3,(H2,20,25)/t10-/m0/s1. The van der Waals surface area contributed by atoms with Crippen molar-refractivity contribution in [3.8, 4) is 17.1 Å². The van der Waals surface area contributed by atoms with Crippen LogP contribution in [0.1, 0.15) is 6.92 Å². The predicted octanol–water partition coefficient (Wildman–Crippen LogP) is 3.61. The molecule has 140 valence electrons. The molecule has 2 aromatic heterocycles. The van der Waals surface area contributed by atoms with Gasteiger partial charge in [0, 0.05) is 28.5 Å². The van der Waals surface area contributed by atoms with Crippen LogP contribution in [-0.2, 0) is 4.79 Å². The highest BCUT2D eigenvalue weighted by Gasteiger charge is 2.20. The molecule has 0 saturated carbocycles. The minimum atomic E-state index is -2.49. The molecule has 27 heavy (non-hydrogen) atoms. The number of hydrogen-bond donors (Lipinski definition) is 1. The summed E-state index contributed by atoms with van der Waals surface area (Å²) in [5.74, 6) is -2.43. The first-order valence-electron chi connectivity index (χ1n) is 7.82. The Hall–Kier alpha value is -2.46. The van der Waals surface area contributed by atoms with Crippen molar-refractivity contribution < 1.29 is 13.6 Å². The number of carbonyl (C=O) groups is 1. The summed E-state index contributed by atoms with van der Waals surface area (Å²) in [6.07, 6.45) is 3.29. The first-order chi connectivity index (χ1) is 13.0. The van der Waals surface area contributed by atoms with Gasteiger partial charge in [-0.05, 0) is 43.3 Å². The van der Waals surface area contributed by atoms with Crippen LogP contribution in [0.15, 0.2) is 58.8 Å². The number of aromatic nitrogens is 4. The highest BCUT2D eigenvalue weighted by Crippen LogP contribution is 2.31. The fourth-order valence-electron chi connectivity index (χ4n) is 2.25. The zero-order valence-electron chi connectivity index (χ0n) is 14.1. The van der Waals surface area contributed by atoms with Crippen molar-refractivity contribution in [1.29, 1.82) is 0 Å². The summed E-state index contributed by atoms with van der Waals surface area (Å²) in [5.41, 5.74) is 6.76. The molecule has 0 fully saturated rings. The largest absolute Gasteiger partial charge is 0.369 e. The summed E-state index contributed by atoms with van der Waals surface area (Å²) in [6, 6.07) is 10.2. The third kappa shape index (κ3) is 4.64. The van der Waals surface area contributed by atoms with E-state index in [4.69, 9.17) is 5.73 Å². The number of benzene rings is 1. The van der Waals surface area contributed by atoms with Crippen LogP contribution in [0.4, 0.5) is 8.78 Å². The van der Waals surface area contributed by atoms with Gasteiger partial charge in [-0.15, -0.1) is 10.2 Å². The Kier molecular flexibility index (Phi) is 6.07. The molecule has 10 heteroatoms. The first kappa shape index (κ1) is 19.3. The Labute approximate surface area is 162 Å². The molecule has 0 unspecified atom stereocenters. The number of halogens is 2. The van der Waals surface area contributed by atoms with Crippen LogP contribution in [0.3, 0.4) is 0 Å². The molecule has 1 aromatic carbocycles. The lowest BCUT2D eigenvalue weighted by atomic mass is 10.2. The van der Waals surface area contributed by atoms with E-state index < -0.39 is 16.9 Å². The molecular formula is C17H15F2N5OS2. The highest BCUT2D eigenvalue weighted by atomic mass is 32.2. The number of alkyl halides is 2. The van der Waals surface area contributed by atoms with E-state index in [1.807, 2.05) is 6.07 Å². The van der Waals surface area contributed by atoms with Crippen LogP contribution in [0, 0.1) is 0 Å². The normalized spacial score (nSPS) is 12.3. The van der Waals surface area contributed by atoms with E-state index in [9.17, 15) is 13.6 Å². The Morgan fingerprint density at radius 3 is 2.48 bits per heavy atom. The lowest BCUT2D eigenvalue weighted by Gasteiger charge is -2.12. The molecule has 2 N–H and O–H groups in total. The number of nitrogens with two attached hydrogens (primary N) is 1. The van der Waals surface area contributed by atoms with Crippen molar-refractivity contribution in [3.05, 3.63) is 48.8 Å². The summed E-state index contributed by atoms with van der Waals surface area (Å²) in [6.45, 7) is 1.68. The Bertz CT molecular complexity index is 919. The van der Waals surface area contributed by atoms with Gasteiger partial charge in [0.05, 0.1) is 5.25 Å². The third-order valence-corrected chi connectivity index (χ3v) is 5.34. The van der Waals surface area contributed by atoms with E-state index in [1.54, 1.807) is 54.2 Å². The molecule has 0 spiro atoms. The van der Waals surface area contributed by atoms with E-state index >= 15 is 0 Å². The van der Waals surface area contributed by atoms with Crippen molar-refractivity contribution >= 4 is 29.4 Å². The molecule has 1 atom stereocenters. The van der Waals surface area contributed by atoms with Crippen molar-refractivity contribution in [2.45, 2.75) is 28.0 Å². The molecule has 3 rings (SSSR count). The summed E-state index contributed by atoms with van der Waals surface area (Å²) < 4.78 is 26.8.